The first-order valence-electron chi connectivity index (χ1n) is 8.76. The number of carbonyl (C=O) groups excluding carboxylic acids is 3. The molecule has 0 saturated carbocycles. The van der Waals surface area contributed by atoms with Gasteiger partial charge in [-0.15, -0.1) is 0 Å². The summed E-state index contributed by atoms with van der Waals surface area (Å²) in [4.78, 5) is 48.2. The van der Waals surface area contributed by atoms with E-state index < -0.39 is 40.0 Å². The van der Waals surface area contributed by atoms with Gasteiger partial charge in [0, 0.05) is 11.8 Å². The molecule has 1 heterocycles. The smallest absolute Gasteiger partial charge is 0.311 e. The molecule has 1 saturated heterocycles. The fraction of sp³-hybridized carbons (Fsp3) is 0.150. The van der Waals surface area contributed by atoms with E-state index in [0.29, 0.717) is 17.4 Å². The molecular formula is C20H17N3O6S. The molecule has 0 unspecified atom stereocenters. The number of hydrogen-bond acceptors (Lipinski definition) is 7. The molecule has 1 aliphatic heterocycles. The predicted molar refractivity (Wildman–Crippen MR) is 112 cm³/mol. The van der Waals surface area contributed by atoms with Crippen LogP contribution in [0.4, 0.5) is 16.2 Å². The fourth-order valence-corrected chi connectivity index (χ4v) is 3.74. The minimum Gasteiger partial charge on any atom is -0.502 e. The lowest BCUT2D eigenvalue weighted by Gasteiger charge is -2.15. The lowest BCUT2D eigenvalue weighted by molar-refractivity contribution is -0.385. The SMILES string of the molecule is Cc1cccc(C)c1NC(=O)CN1C(=O)S/C(=C\c2ccc(O)c([N+](=O)[O-])c2)C1=O. The highest BCUT2D eigenvalue weighted by Gasteiger charge is 2.36. The Hall–Kier alpha value is -3.66. The zero-order valence-corrected chi connectivity index (χ0v) is 16.9. The molecule has 2 N–H and O–H groups in total. The molecule has 1 fully saturated rings. The Balaban J connectivity index is 1.76. The monoisotopic (exact) mass is 427 g/mol. The first-order chi connectivity index (χ1) is 14.2. The largest absolute Gasteiger partial charge is 0.502 e. The molecule has 3 amide bonds. The van der Waals surface area contributed by atoms with Gasteiger partial charge in [0.1, 0.15) is 6.54 Å². The highest BCUT2D eigenvalue weighted by atomic mass is 32.2. The number of aryl methyl sites for hydroxylation is 2. The molecule has 2 aromatic carbocycles. The van der Waals surface area contributed by atoms with E-state index in [2.05, 4.69) is 5.32 Å². The van der Waals surface area contributed by atoms with E-state index in [1.807, 2.05) is 32.0 Å². The normalized spacial score (nSPS) is 15.0. The van der Waals surface area contributed by atoms with Gasteiger partial charge in [-0.3, -0.25) is 29.4 Å². The lowest BCUT2D eigenvalue weighted by Crippen LogP contribution is -2.36. The van der Waals surface area contributed by atoms with Crippen LogP contribution in [0.2, 0.25) is 0 Å². The van der Waals surface area contributed by atoms with E-state index in [1.165, 1.54) is 12.1 Å². The van der Waals surface area contributed by atoms with Crippen LogP contribution in [0.3, 0.4) is 0 Å². The Kier molecular flexibility index (Phi) is 5.88. The van der Waals surface area contributed by atoms with Crippen molar-refractivity contribution >= 4 is 46.3 Å². The van der Waals surface area contributed by atoms with Crippen LogP contribution in [0, 0.1) is 24.0 Å². The maximum Gasteiger partial charge on any atom is 0.311 e. The third kappa shape index (κ3) is 4.33. The van der Waals surface area contributed by atoms with Gasteiger partial charge in [0.05, 0.1) is 9.83 Å². The van der Waals surface area contributed by atoms with Crippen molar-refractivity contribution in [2.75, 3.05) is 11.9 Å². The van der Waals surface area contributed by atoms with Gasteiger partial charge >= 0.3 is 5.69 Å². The maximum atomic E-state index is 12.6. The van der Waals surface area contributed by atoms with Gasteiger partial charge in [-0.05, 0) is 54.4 Å². The summed E-state index contributed by atoms with van der Waals surface area (Å²) in [5, 5.41) is 22.6. The summed E-state index contributed by atoms with van der Waals surface area (Å²) in [6.45, 7) is 3.22. The molecule has 1 aliphatic rings. The number of para-hydroxylation sites is 1. The number of anilines is 1. The number of imide groups is 1. The molecule has 3 rings (SSSR count). The predicted octanol–water partition coefficient (Wildman–Crippen LogP) is 3.59. The fourth-order valence-electron chi connectivity index (χ4n) is 2.90. The van der Waals surface area contributed by atoms with E-state index in [1.54, 1.807) is 0 Å². The molecule has 30 heavy (non-hydrogen) atoms. The van der Waals surface area contributed by atoms with Gasteiger partial charge in [-0.1, -0.05) is 24.3 Å². The molecule has 2 aromatic rings. The average molecular weight is 427 g/mol. The Bertz CT molecular complexity index is 1090. The van der Waals surface area contributed by atoms with Crippen LogP contribution in [0.25, 0.3) is 6.08 Å². The Morgan fingerprint density at radius 1 is 1.23 bits per heavy atom. The second-order valence-electron chi connectivity index (χ2n) is 6.59. The minimum absolute atomic E-state index is 0.0276. The number of nitro groups is 1. The number of phenols is 1. The molecule has 0 aliphatic carbocycles. The summed E-state index contributed by atoms with van der Waals surface area (Å²) in [7, 11) is 0. The zero-order valence-electron chi connectivity index (χ0n) is 16.0. The van der Waals surface area contributed by atoms with Crippen LogP contribution < -0.4 is 5.32 Å². The van der Waals surface area contributed by atoms with E-state index in [9.17, 15) is 29.6 Å². The number of thioether (sulfide) groups is 1. The highest BCUT2D eigenvalue weighted by Crippen LogP contribution is 2.34. The molecule has 0 aromatic heterocycles. The third-order valence-corrected chi connectivity index (χ3v) is 5.32. The van der Waals surface area contributed by atoms with E-state index in [4.69, 9.17) is 0 Å². The summed E-state index contributed by atoms with van der Waals surface area (Å²) in [5.41, 5.74) is 2.08. The first-order valence-corrected chi connectivity index (χ1v) is 9.58. The van der Waals surface area contributed by atoms with Crippen molar-refractivity contribution in [3.63, 3.8) is 0 Å². The van der Waals surface area contributed by atoms with Crippen molar-refractivity contribution in [1.29, 1.82) is 0 Å². The number of aromatic hydroxyl groups is 1. The molecule has 9 nitrogen and oxygen atoms in total. The number of benzene rings is 2. The van der Waals surface area contributed by atoms with Gasteiger partial charge in [0.25, 0.3) is 11.1 Å². The van der Waals surface area contributed by atoms with Gasteiger partial charge in [0.15, 0.2) is 5.75 Å². The Morgan fingerprint density at radius 3 is 2.53 bits per heavy atom. The quantitative estimate of drug-likeness (QED) is 0.424. The maximum absolute atomic E-state index is 12.6. The van der Waals surface area contributed by atoms with Crippen molar-refractivity contribution in [3.05, 3.63) is 68.1 Å². The lowest BCUT2D eigenvalue weighted by atomic mass is 10.1. The Labute approximate surface area is 175 Å². The topological polar surface area (TPSA) is 130 Å². The molecular weight excluding hydrogens is 410 g/mol. The van der Waals surface area contributed by atoms with Crippen LogP contribution >= 0.6 is 11.8 Å². The number of nitrogens with zero attached hydrogens (tertiary/aromatic N) is 2. The summed E-state index contributed by atoms with van der Waals surface area (Å²) in [5.74, 6) is -1.69. The van der Waals surface area contributed by atoms with Gasteiger partial charge in [-0.25, -0.2) is 0 Å². The molecule has 0 spiro atoms. The van der Waals surface area contributed by atoms with Crippen molar-refractivity contribution in [2.45, 2.75) is 13.8 Å². The zero-order chi connectivity index (χ0) is 22.0. The van der Waals surface area contributed by atoms with Gasteiger partial charge in [-0.2, -0.15) is 0 Å². The second-order valence-corrected chi connectivity index (χ2v) is 7.58. The van der Waals surface area contributed by atoms with E-state index in [0.717, 1.165) is 28.2 Å². The summed E-state index contributed by atoms with van der Waals surface area (Å²) in [6, 6.07) is 9.13. The number of carbonyl (C=O) groups is 3. The highest BCUT2D eigenvalue weighted by molar-refractivity contribution is 8.18. The standard InChI is InChI=1S/C20H17N3O6S/c1-11-4-3-5-12(2)18(11)21-17(25)10-22-19(26)16(30-20(22)27)9-13-6-7-15(24)14(8-13)23(28)29/h3-9,24H,10H2,1-2H3,(H,21,25)/b16-9-. The van der Waals surface area contributed by atoms with Gasteiger partial charge < -0.3 is 10.4 Å². The van der Waals surface area contributed by atoms with E-state index >= 15 is 0 Å². The molecule has 154 valence electrons. The summed E-state index contributed by atoms with van der Waals surface area (Å²) >= 11 is 0.636. The molecule has 0 atom stereocenters. The first kappa shape index (κ1) is 21.1. The molecule has 0 bridgehead atoms. The second kappa shape index (κ2) is 8.37. The number of phenolic OH excluding ortho intramolecular Hbond substituents is 1. The average Bonchev–Trinajstić information content (AvgIpc) is 2.93. The van der Waals surface area contributed by atoms with E-state index in [-0.39, 0.29) is 10.5 Å². The van der Waals surface area contributed by atoms with Crippen LogP contribution in [0.5, 0.6) is 5.75 Å². The van der Waals surface area contributed by atoms with Crippen molar-refractivity contribution in [3.8, 4) is 5.75 Å². The van der Waals surface area contributed by atoms with Crippen molar-refractivity contribution < 1.29 is 24.4 Å². The van der Waals surface area contributed by atoms with Gasteiger partial charge in [0.2, 0.25) is 5.91 Å². The number of nitrogens with one attached hydrogen (secondary N) is 1. The third-order valence-electron chi connectivity index (χ3n) is 4.41. The van der Waals surface area contributed by atoms with Crippen molar-refractivity contribution in [1.82, 2.24) is 4.90 Å². The van der Waals surface area contributed by atoms with Crippen LogP contribution in [-0.4, -0.2) is 38.5 Å². The van der Waals surface area contributed by atoms with Crippen LogP contribution in [0.1, 0.15) is 16.7 Å². The summed E-state index contributed by atoms with van der Waals surface area (Å²) < 4.78 is 0. The molecule has 0 radical (unpaired) electrons. The number of rotatable bonds is 5. The van der Waals surface area contributed by atoms with Crippen LogP contribution in [-0.2, 0) is 9.59 Å². The van der Waals surface area contributed by atoms with Crippen molar-refractivity contribution in [2.24, 2.45) is 0 Å². The minimum atomic E-state index is -0.754. The van der Waals surface area contributed by atoms with Crippen LogP contribution in [0.15, 0.2) is 41.3 Å². The molecule has 10 heteroatoms. The Morgan fingerprint density at radius 2 is 1.90 bits per heavy atom. The number of amides is 3. The number of nitro benzene ring substituents is 1. The number of hydrogen-bond donors (Lipinski definition) is 2. The summed E-state index contributed by atoms with van der Waals surface area (Å²) in [6.07, 6.45) is 1.31.